The van der Waals surface area contributed by atoms with Crippen molar-refractivity contribution in [1.29, 1.82) is 0 Å². The van der Waals surface area contributed by atoms with Gasteiger partial charge in [0.1, 0.15) is 0 Å². The van der Waals surface area contributed by atoms with Crippen molar-refractivity contribution in [3.8, 4) is 0 Å². The van der Waals surface area contributed by atoms with Gasteiger partial charge in [-0.1, -0.05) is 11.8 Å². The second-order valence-corrected chi connectivity index (χ2v) is 13.5. The van der Waals surface area contributed by atoms with Gasteiger partial charge in [0.15, 0.2) is 0 Å². The van der Waals surface area contributed by atoms with Crippen LogP contribution >= 0.6 is 38.3 Å². The molecule has 0 N–H and O–H groups in total. The van der Waals surface area contributed by atoms with Gasteiger partial charge < -0.3 is 18.1 Å². The Morgan fingerprint density at radius 3 is 1.64 bits per heavy atom. The van der Waals surface area contributed by atoms with E-state index in [0.717, 1.165) is 9.77 Å². The Kier molecular flexibility index (Phi) is 9.40. The van der Waals surface area contributed by atoms with E-state index in [1.807, 2.05) is 18.4 Å². The lowest BCUT2D eigenvalue weighted by Crippen LogP contribution is -2.26. The van der Waals surface area contributed by atoms with Gasteiger partial charge in [0.25, 0.3) is 0 Å². The number of rotatable bonds is 12. The van der Waals surface area contributed by atoms with E-state index >= 15 is 0 Å². The number of thiophene rings is 1. The van der Waals surface area contributed by atoms with E-state index in [0.29, 0.717) is 0 Å². The Hall–Kier alpha value is 0.350. The van der Waals surface area contributed by atoms with Gasteiger partial charge in [-0.05, 0) is 58.6 Å². The molecule has 1 aromatic rings. The largest absolute Gasteiger partial charge is 0.358 e. The van der Waals surface area contributed by atoms with Crippen LogP contribution in [0.5, 0.6) is 0 Å². The molecule has 0 spiro atoms. The van der Waals surface area contributed by atoms with E-state index in [-0.39, 0.29) is 26.4 Å². The lowest BCUT2D eigenvalue weighted by molar-refractivity contribution is 0.193. The minimum Gasteiger partial charge on any atom is -0.307 e. The number of hydrogen-bond acceptors (Lipinski definition) is 8. The summed E-state index contributed by atoms with van der Waals surface area (Å²) in [4.78, 5) is 0. The molecule has 25 heavy (non-hydrogen) atoms. The molecule has 10 heteroatoms. The molecule has 1 heterocycles. The third-order valence-electron chi connectivity index (χ3n) is 3.21. The number of thioether (sulfide) groups is 1. The monoisotopic (exact) mass is 430 g/mol. The molecule has 0 aliphatic heterocycles. The fraction of sp³-hybridized carbons (Fsp3) is 0.733. The van der Waals surface area contributed by atoms with E-state index < -0.39 is 19.4 Å². The molecule has 0 saturated carbocycles. The third kappa shape index (κ3) is 5.20. The van der Waals surface area contributed by atoms with Crippen LogP contribution in [0.2, 0.25) is 0 Å². The number of aryl methyl sites for hydroxylation is 1. The van der Waals surface area contributed by atoms with Crippen molar-refractivity contribution in [2.24, 2.45) is 0 Å². The van der Waals surface area contributed by atoms with Crippen LogP contribution in [0, 0.1) is 6.92 Å². The van der Waals surface area contributed by atoms with Gasteiger partial charge in [-0.3, -0.25) is 9.13 Å². The molecule has 0 aromatic carbocycles. The van der Waals surface area contributed by atoms with Crippen LogP contribution in [-0.4, -0.2) is 30.7 Å². The predicted molar refractivity (Wildman–Crippen MR) is 105 cm³/mol. The van der Waals surface area contributed by atoms with E-state index in [1.165, 1.54) is 23.1 Å². The zero-order chi connectivity index (χ0) is 19.1. The summed E-state index contributed by atoms with van der Waals surface area (Å²) in [5.41, 5.74) is 1.07. The van der Waals surface area contributed by atoms with Gasteiger partial charge in [0, 0.05) is 0 Å². The lowest BCUT2D eigenvalue weighted by atomic mass is 10.4. The van der Waals surface area contributed by atoms with Gasteiger partial charge in [0.2, 0.25) is 4.23 Å². The first-order valence-electron chi connectivity index (χ1n) is 8.24. The molecule has 1 aromatic heterocycles. The van der Waals surface area contributed by atoms with Gasteiger partial charge >= 0.3 is 15.2 Å². The average molecular weight is 430 g/mol. The Morgan fingerprint density at radius 2 is 1.36 bits per heavy atom. The molecule has 0 saturated heterocycles. The molecule has 0 amide bonds. The van der Waals surface area contributed by atoms with Gasteiger partial charge in [-0.15, -0.1) is 11.3 Å². The molecule has 146 valence electrons. The summed E-state index contributed by atoms with van der Waals surface area (Å²) >= 11 is 2.66. The first-order valence-corrected chi connectivity index (χ1v) is 13.0. The van der Waals surface area contributed by atoms with Crippen molar-refractivity contribution in [3.05, 3.63) is 17.0 Å². The lowest BCUT2D eigenvalue weighted by Gasteiger charge is -2.38. The summed E-state index contributed by atoms with van der Waals surface area (Å²) in [6, 6.07) is 1.94. The Balaban J connectivity index is 3.51. The Labute approximate surface area is 159 Å². The van der Waals surface area contributed by atoms with E-state index in [2.05, 4.69) is 0 Å². The maximum atomic E-state index is 13.6. The van der Waals surface area contributed by atoms with Crippen LogP contribution in [0.25, 0.3) is 0 Å². The van der Waals surface area contributed by atoms with Crippen molar-refractivity contribution in [2.75, 3.05) is 26.4 Å². The molecular formula is C15H28O6P2S2. The summed E-state index contributed by atoms with van der Waals surface area (Å²) in [6.07, 6.45) is 0. The van der Waals surface area contributed by atoms with Crippen LogP contribution in [0.1, 0.15) is 40.2 Å². The normalized spacial score (nSPS) is 13.4. The maximum Gasteiger partial charge on any atom is 0.358 e. The zero-order valence-electron chi connectivity index (χ0n) is 15.6. The van der Waals surface area contributed by atoms with Crippen LogP contribution in [0.4, 0.5) is 0 Å². The molecule has 0 bridgehead atoms. The van der Waals surface area contributed by atoms with Crippen molar-refractivity contribution in [2.45, 2.75) is 50.0 Å². The summed E-state index contributed by atoms with van der Waals surface area (Å²) in [7, 11) is -7.64. The first kappa shape index (κ1) is 23.4. The standard InChI is InChI=1S/C15H28O6P2S2/c1-7-18-22(16,19-8-2)15(6,23(17,20-9-3)21-10-4)25-14-11-13(5)12-24-14/h11-12H,7-10H2,1-6H3. The minimum atomic E-state index is -3.82. The average Bonchev–Trinajstić information content (AvgIpc) is 2.93. The van der Waals surface area contributed by atoms with E-state index in [4.69, 9.17) is 18.1 Å². The van der Waals surface area contributed by atoms with Gasteiger partial charge in [-0.25, -0.2) is 0 Å². The highest BCUT2D eigenvalue weighted by atomic mass is 32.2. The molecule has 6 nitrogen and oxygen atoms in total. The summed E-state index contributed by atoms with van der Waals surface area (Å²) in [5.74, 6) is 0. The number of hydrogen-bond donors (Lipinski definition) is 0. The molecule has 0 aliphatic rings. The van der Waals surface area contributed by atoms with E-state index in [1.54, 1.807) is 34.6 Å². The van der Waals surface area contributed by atoms with Crippen LogP contribution in [0.3, 0.4) is 0 Å². The first-order chi connectivity index (χ1) is 11.7. The fourth-order valence-corrected chi connectivity index (χ4v) is 11.1. The third-order valence-corrected chi connectivity index (χ3v) is 13.1. The SMILES string of the molecule is CCOP(=O)(OCC)C(C)(Sc1cc(C)cs1)P(=O)(OCC)OCC. The van der Waals surface area contributed by atoms with Crippen molar-refractivity contribution < 1.29 is 27.2 Å². The summed E-state index contributed by atoms with van der Waals surface area (Å²) in [6.45, 7) is 11.1. The molecule has 1 rings (SSSR count). The van der Waals surface area contributed by atoms with Crippen LogP contribution in [-0.2, 0) is 27.2 Å². The molecule has 0 radical (unpaired) electrons. The van der Waals surface area contributed by atoms with Crippen LogP contribution < -0.4 is 0 Å². The summed E-state index contributed by atoms with van der Waals surface area (Å²) < 4.78 is 48.8. The molecule has 0 unspecified atom stereocenters. The predicted octanol–water partition coefficient (Wildman–Crippen LogP) is 6.35. The quantitative estimate of drug-likeness (QED) is 0.282. The van der Waals surface area contributed by atoms with Crippen molar-refractivity contribution in [1.82, 2.24) is 0 Å². The van der Waals surface area contributed by atoms with Crippen molar-refractivity contribution in [3.63, 3.8) is 0 Å². The second-order valence-electron chi connectivity index (χ2n) is 5.15. The molecule has 0 atom stereocenters. The van der Waals surface area contributed by atoms with E-state index in [9.17, 15) is 9.13 Å². The second kappa shape index (κ2) is 10.0. The molecule has 0 fully saturated rings. The highest BCUT2D eigenvalue weighted by Crippen LogP contribution is 2.82. The Bertz CT molecular complexity index is 583. The maximum absolute atomic E-state index is 13.6. The molecule has 0 aliphatic carbocycles. The van der Waals surface area contributed by atoms with Gasteiger partial charge in [0.05, 0.1) is 30.6 Å². The fourth-order valence-electron chi connectivity index (χ4n) is 2.14. The zero-order valence-corrected chi connectivity index (χ0v) is 19.1. The van der Waals surface area contributed by atoms with Crippen LogP contribution in [0.15, 0.2) is 15.7 Å². The smallest absolute Gasteiger partial charge is 0.307 e. The topological polar surface area (TPSA) is 71.1 Å². The highest BCUT2D eigenvalue weighted by Gasteiger charge is 2.63. The highest BCUT2D eigenvalue weighted by molar-refractivity contribution is 8.15. The van der Waals surface area contributed by atoms with Crippen molar-refractivity contribution >= 4 is 38.3 Å². The minimum absolute atomic E-state index is 0.162. The summed E-state index contributed by atoms with van der Waals surface area (Å²) in [5, 5.41) is 1.97. The van der Waals surface area contributed by atoms with Gasteiger partial charge in [-0.2, -0.15) is 0 Å². The molecular weight excluding hydrogens is 402 g/mol. The Morgan fingerprint density at radius 1 is 0.960 bits per heavy atom.